The summed E-state index contributed by atoms with van der Waals surface area (Å²) in [6.07, 6.45) is 0.345. The molecule has 0 atom stereocenters. The predicted molar refractivity (Wildman–Crippen MR) is 82.4 cm³/mol. The number of carbonyl (C=O) groups excluding carboxylic acids is 1. The number of benzene rings is 1. The van der Waals surface area contributed by atoms with E-state index in [1.54, 1.807) is 7.11 Å². The van der Waals surface area contributed by atoms with E-state index < -0.39 is 0 Å². The second kappa shape index (κ2) is 7.70. The third-order valence-corrected chi connectivity index (χ3v) is 3.29. The van der Waals surface area contributed by atoms with Crippen molar-refractivity contribution in [3.8, 4) is 11.4 Å². The lowest BCUT2D eigenvalue weighted by molar-refractivity contribution is -0.121. The molecule has 0 aliphatic heterocycles. The van der Waals surface area contributed by atoms with Crippen LogP contribution in [0.3, 0.4) is 0 Å². The normalized spacial score (nSPS) is 10.5. The molecule has 0 spiro atoms. The first-order valence-electron chi connectivity index (χ1n) is 6.68. The highest BCUT2D eigenvalue weighted by Gasteiger charge is 2.10. The molecule has 0 saturated heterocycles. The Morgan fingerprint density at radius 2 is 2.19 bits per heavy atom. The number of nitrogens with one attached hydrogen (secondary N) is 2. The number of carbonyl (C=O) groups is 1. The van der Waals surface area contributed by atoms with Crippen LogP contribution in [-0.2, 0) is 16.1 Å². The smallest absolute Gasteiger partial charge is 0.221 e. The molecule has 1 aromatic heterocycles. The molecule has 112 valence electrons. The molecule has 7 heteroatoms. The van der Waals surface area contributed by atoms with E-state index in [4.69, 9.17) is 17.0 Å². The van der Waals surface area contributed by atoms with Gasteiger partial charge in [0.25, 0.3) is 0 Å². The fourth-order valence-corrected chi connectivity index (χ4v) is 2.15. The summed E-state index contributed by atoms with van der Waals surface area (Å²) in [5, 5.41) is 9.79. The van der Waals surface area contributed by atoms with Crippen LogP contribution in [0.15, 0.2) is 30.3 Å². The van der Waals surface area contributed by atoms with Crippen molar-refractivity contribution in [2.24, 2.45) is 0 Å². The first-order valence-corrected chi connectivity index (χ1v) is 7.09. The minimum Gasteiger partial charge on any atom is -0.383 e. The third-order valence-electron chi connectivity index (χ3n) is 2.98. The molecule has 0 radical (unpaired) electrons. The second-order valence-electron chi connectivity index (χ2n) is 4.46. The second-order valence-corrected chi connectivity index (χ2v) is 4.85. The van der Waals surface area contributed by atoms with Gasteiger partial charge in [0.15, 0.2) is 10.6 Å². The van der Waals surface area contributed by atoms with Crippen molar-refractivity contribution in [2.45, 2.75) is 13.0 Å². The number of amides is 1. The predicted octanol–water partition coefficient (Wildman–Crippen LogP) is 1.76. The molecular weight excluding hydrogens is 288 g/mol. The summed E-state index contributed by atoms with van der Waals surface area (Å²) in [7, 11) is 1.60. The maximum atomic E-state index is 11.7. The van der Waals surface area contributed by atoms with Crippen molar-refractivity contribution in [3.63, 3.8) is 0 Å². The number of hydrogen-bond donors (Lipinski definition) is 2. The Bertz CT molecular complexity index is 636. The molecule has 1 heterocycles. The third kappa shape index (κ3) is 4.24. The highest BCUT2D eigenvalue weighted by Crippen LogP contribution is 2.16. The number of ether oxygens (including phenoxy) is 1. The summed E-state index contributed by atoms with van der Waals surface area (Å²) in [4.78, 5) is 11.7. The highest BCUT2D eigenvalue weighted by atomic mass is 32.1. The van der Waals surface area contributed by atoms with E-state index in [2.05, 4.69) is 15.5 Å². The van der Waals surface area contributed by atoms with E-state index in [1.807, 2.05) is 34.9 Å². The van der Waals surface area contributed by atoms with E-state index in [1.165, 1.54) is 0 Å². The van der Waals surface area contributed by atoms with Crippen molar-refractivity contribution in [2.75, 3.05) is 20.3 Å². The summed E-state index contributed by atoms with van der Waals surface area (Å²) in [5.74, 6) is 0.708. The lowest BCUT2D eigenvalue weighted by atomic mass is 10.2. The van der Waals surface area contributed by atoms with E-state index >= 15 is 0 Å². The van der Waals surface area contributed by atoms with Crippen LogP contribution in [0.4, 0.5) is 0 Å². The maximum Gasteiger partial charge on any atom is 0.221 e. The SMILES string of the molecule is COCCNC(=O)CCn1c(-c2ccccc2)n[nH]c1=S. The lowest BCUT2D eigenvalue weighted by Gasteiger charge is -2.07. The number of methoxy groups -OCH3 is 1. The number of aromatic nitrogens is 3. The molecule has 6 nitrogen and oxygen atoms in total. The van der Waals surface area contributed by atoms with Crippen molar-refractivity contribution >= 4 is 18.1 Å². The van der Waals surface area contributed by atoms with Gasteiger partial charge in [0.1, 0.15) is 0 Å². The van der Waals surface area contributed by atoms with Crippen molar-refractivity contribution in [3.05, 3.63) is 35.1 Å². The fourth-order valence-electron chi connectivity index (χ4n) is 1.93. The fraction of sp³-hybridized carbons (Fsp3) is 0.357. The average Bonchev–Trinajstić information content (AvgIpc) is 2.87. The van der Waals surface area contributed by atoms with Crippen molar-refractivity contribution in [1.82, 2.24) is 20.1 Å². The van der Waals surface area contributed by atoms with E-state index in [0.29, 0.717) is 30.9 Å². The van der Waals surface area contributed by atoms with Gasteiger partial charge in [0, 0.05) is 32.2 Å². The largest absolute Gasteiger partial charge is 0.383 e. The van der Waals surface area contributed by atoms with E-state index in [0.717, 1.165) is 11.4 Å². The van der Waals surface area contributed by atoms with Crippen LogP contribution in [0.1, 0.15) is 6.42 Å². The Morgan fingerprint density at radius 1 is 1.43 bits per heavy atom. The van der Waals surface area contributed by atoms with Gasteiger partial charge in [-0.25, -0.2) is 0 Å². The van der Waals surface area contributed by atoms with Gasteiger partial charge in [-0.05, 0) is 12.2 Å². The van der Waals surface area contributed by atoms with Crippen LogP contribution in [0.25, 0.3) is 11.4 Å². The molecule has 2 N–H and O–H groups in total. The summed E-state index contributed by atoms with van der Waals surface area (Å²) in [5.41, 5.74) is 0.963. The van der Waals surface area contributed by atoms with Crippen molar-refractivity contribution < 1.29 is 9.53 Å². The minimum atomic E-state index is -0.0332. The van der Waals surface area contributed by atoms with Gasteiger partial charge in [0.2, 0.25) is 5.91 Å². The van der Waals surface area contributed by atoms with Crippen LogP contribution >= 0.6 is 12.2 Å². The zero-order chi connectivity index (χ0) is 15.1. The average molecular weight is 306 g/mol. The van der Waals surface area contributed by atoms with Gasteiger partial charge >= 0.3 is 0 Å². The van der Waals surface area contributed by atoms with E-state index in [-0.39, 0.29) is 5.91 Å². The molecule has 0 fully saturated rings. The molecule has 0 aliphatic rings. The number of nitrogens with zero attached hydrogens (tertiary/aromatic N) is 2. The summed E-state index contributed by atoms with van der Waals surface area (Å²) >= 11 is 5.22. The zero-order valence-corrected chi connectivity index (χ0v) is 12.7. The van der Waals surface area contributed by atoms with Gasteiger partial charge in [-0.15, -0.1) is 0 Å². The number of H-pyrrole nitrogens is 1. The van der Waals surface area contributed by atoms with Crippen molar-refractivity contribution in [1.29, 1.82) is 0 Å². The topological polar surface area (TPSA) is 71.9 Å². The van der Waals surface area contributed by atoms with Gasteiger partial charge < -0.3 is 10.1 Å². The van der Waals surface area contributed by atoms with E-state index in [9.17, 15) is 4.79 Å². The molecule has 0 saturated carbocycles. The Kier molecular flexibility index (Phi) is 5.65. The first kappa shape index (κ1) is 15.4. The Hall–Kier alpha value is -1.99. The van der Waals surface area contributed by atoms with Gasteiger partial charge in [-0.2, -0.15) is 5.10 Å². The molecule has 0 bridgehead atoms. The summed E-state index contributed by atoms with van der Waals surface area (Å²) in [6, 6.07) is 9.74. The van der Waals surface area contributed by atoms with Crippen LogP contribution in [0.5, 0.6) is 0 Å². The molecule has 1 amide bonds. The van der Waals surface area contributed by atoms with Crippen LogP contribution in [0, 0.1) is 4.77 Å². The number of rotatable bonds is 7. The lowest BCUT2D eigenvalue weighted by Crippen LogP contribution is -2.27. The molecule has 0 aliphatic carbocycles. The Morgan fingerprint density at radius 3 is 2.90 bits per heavy atom. The van der Waals surface area contributed by atoms with Crippen LogP contribution in [-0.4, -0.2) is 40.9 Å². The van der Waals surface area contributed by atoms with Crippen LogP contribution < -0.4 is 5.32 Å². The standard InChI is InChI=1S/C14H18N4O2S/c1-20-10-8-15-12(19)7-9-18-13(16-17-14(18)21)11-5-3-2-4-6-11/h2-6H,7-10H2,1H3,(H,15,19)(H,17,21). The number of hydrogen-bond acceptors (Lipinski definition) is 4. The molecular formula is C14H18N4O2S. The van der Waals surface area contributed by atoms with Gasteiger partial charge in [-0.1, -0.05) is 30.3 Å². The molecule has 1 aromatic carbocycles. The zero-order valence-electron chi connectivity index (χ0n) is 11.8. The summed E-state index contributed by atoms with van der Waals surface area (Å²) < 4.78 is 7.23. The van der Waals surface area contributed by atoms with Crippen LogP contribution in [0.2, 0.25) is 0 Å². The Labute approximate surface area is 128 Å². The quantitative estimate of drug-likeness (QED) is 0.604. The monoisotopic (exact) mass is 306 g/mol. The Balaban J connectivity index is 2.02. The van der Waals surface area contributed by atoms with Gasteiger partial charge in [-0.3, -0.25) is 14.5 Å². The summed E-state index contributed by atoms with van der Waals surface area (Å²) in [6.45, 7) is 1.50. The first-order chi connectivity index (χ1) is 10.2. The number of aromatic amines is 1. The highest BCUT2D eigenvalue weighted by molar-refractivity contribution is 7.71. The molecule has 2 rings (SSSR count). The maximum absolute atomic E-state index is 11.7. The molecule has 2 aromatic rings. The molecule has 21 heavy (non-hydrogen) atoms. The van der Waals surface area contributed by atoms with Gasteiger partial charge in [0.05, 0.1) is 6.61 Å². The minimum absolute atomic E-state index is 0.0332. The molecule has 0 unspecified atom stereocenters.